The highest BCUT2D eigenvalue weighted by Crippen LogP contribution is 2.27. The molecule has 2 rings (SSSR count). The van der Waals surface area contributed by atoms with Crippen LogP contribution in [0.2, 0.25) is 0 Å². The third kappa shape index (κ3) is 4.91. The summed E-state index contributed by atoms with van der Waals surface area (Å²) in [5.41, 5.74) is 0.146. The molecule has 2 N–H and O–H groups in total. The van der Waals surface area contributed by atoms with E-state index in [1.807, 2.05) is 6.92 Å². The molecule has 0 spiro atoms. The number of rotatable bonds is 7. The molecule has 2 aromatic rings. The molecule has 0 saturated carbocycles. The molecule has 0 aliphatic rings. The van der Waals surface area contributed by atoms with Gasteiger partial charge in [-0.2, -0.15) is 0 Å². The van der Waals surface area contributed by atoms with Gasteiger partial charge in [0.2, 0.25) is 5.91 Å². The predicted molar refractivity (Wildman–Crippen MR) is 101 cm³/mol. The molecule has 0 unspecified atom stereocenters. The summed E-state index contributed by atoms with van der Waals surface area (Å²) in [7, 11) is 1.46. The lowest BCUT2D eigenvalue weighted by molar-refractivity contribution is -0.137. The van der Waals surface area contributed by atoms with Crippen LogP contribution in [0.3, 0.4) is 0 Å². The SMILES string of the molecule is CCCNC(=O)CN(C)C(=O)COC(=O)c1sc2nc(C)[nH]c(=O)c2c1C. The number of fused-ring (bicyclic) bond motifs is 1. The second kappa shape index (κ2) is 8.76. The van der Waals surface area contributed by atoms with Crippen LogP contribution in [0.25, 0.3) is 10.2 Å². The fourth-order valence-corrected chi connectivity index (χ4v) is 3.49. The quantitative estimate of drug-likeness (QED) is 0.668. The van der Waals surface area contributed by atoms with Crippen LogP contribution < -0.4 is 10.9 Å². The lowest BCUT2D eigenvalue weighted by Gasteiger charge is -2.16. The number of esters is 1. The first-order valence-corrected chi connectivity index (χ1v) is 9.24. The van der Waals surface area contributed by atoms with Crippen LogP contribution in [-0.2, 0) is 14.3 Å². The Morgan fingerprint density at radius 3 is 2.67 bits per heavy atom. The molecule has 146 valence electrons. The second-order valence-corrected chi connectivity index (χ2v) is 7.06. The summed E-state index contributed by atoms with van der Waals surface area (Å²) in [5, 5.41) is 3.00. The molecule has 9 nitrogen and oxygen atoms in total. The van der Waals surface area contributed by atoms with E-state index in [0.717, 1.165) is 17.8 Å². The van der Waals surface area contributed by atoms with Gasteiger partial charge in [0.15, 0.2) is 6.61 Å². The Morgan fingerprint density at radius 1 is 1.30 bits per heavy atom. The molecule has 27 heavy (non-hydrogen) atoms. The minimum atomic E-state index is -0.704. The van der Waals surface area contributed by atoms with Crippen molar-refractivity contribution >= 4 is 39.3 Å². The highest BCUT2D eigenvalue weighted by atomic mass is 32.1. The summed E-state index contributed by atoms with van der Waals surface area (Å²) in [6.45, 7) is 5.14. The van der Waals surface area contributed by atoms with Gasteiger partial charge in [0, 0.05) is 13.6 Å². The van der Waals surface area contributed by atoms with Gasteiger partial charge in [-0.1, -0.05) is 6.92 Å². The number of hydrogen-bond donors (Lipinski definition) is 2. The molecule has 0 aliphatic heterocycles. The van der Waals surface area contributed by atoms with Crippen molar-refractivity contribution in [2.75, 3.05) is 26.7 Å². The van der Waals surface area contributed by atoms with Crippen LogP contribution in [0.15, 0.2) is 4.79 Å². The van der Waals surface area contributed by atoms with Gasteiger partial charge in [-0.15, -0.1) is 11.3 Å². The van der Waals surface area contributed by atoms with Crippen LogP contribution in [0.4, 0.5) is 0 Å². The summed E-state index contributed by atoms with van der Waals surface area (Å²) in [6.07, 6.45) is 0.798. The highest BCUT2D eigenvalue weighted by Gasteiger charge is 2.22. The summed E-state index contributed by atoms with van der Waals surface area (Å²) < 4.78 is 5.06. The van der Waals surface area contributed by atoms with Gasteiger partial charge in [0.25, 0.3) is 11.5 Å². The van der Waals surface area contributed by atoms with Crippen molar-refractivity contribution in [2.45, 2.75) is 27.2 Å². The van der Waals surface area contributed by atoms with E-state index in [0.29, 0.717) is 28.1 Å². The summed E-state index contributed by atoms with van der Waals surface area (Å²) in [4.78, 5) is 56.7. The topological polar surface area (TPSA) is 121 Å². The molecule has 0 aliphatic carbocycles. The maximum atomic E-state index is 12.3. The van der Waals surface area contributed by atoms with Crippen molar-refractivity contribution in [1.82, 2.24) is 20.2 Å². The Labute approximate surface area is 159 Å². The number of nitrogens with one attached hydrogen (secondary N) is 2. The lowest BCUT2D eigenvalue weighted by atomic mass is 10.2. The van der Waals surface area contributed by atoms with Crippen molar-refractivity contribution in [3.05, 3.63) is 26.6 Å². The first-order valence-electron chi connectivity index (χ1n) is 8.42. The third-order valence-corrected chi connectivity index (χ3v) is 4.98. The molecule has 0 aromatic carbocycles. The van der Waals surface area contributed by atoms with Crippen molar-refractivity contribution in [3.63, 3.8) is 0 Å². The number of amides is 2. The van der Waals surface area contributed by atoms with E-state index in [4.69, 9.17) is 4.74 Å². The first-order chi connectivity index (χ1) is 12.7. The molecule has 0 bridgehead atoms. The number of aromatic amines is 1. The number of hydrogen-bond acceptors (Lipinski definition) is 7. The van der Waals surface area contributed by atoms with E-state index in [-0.39, 0.29) is 22.9 Å². The molecule has 2 aromatic heterocycles. The molecular weight excluding hydrogens is 372 g/mol. The first kappa shape index (κ1) is 20.6. The molecule has 0 radical (unpaired) electrons. The minimum Gasteiger partial charge on any atom is -0.451 e. The number of nitrogens with zero attached hydrogens (tertiary/aromatic N) is 2. The summed E-state index contributed by atoms with van der Waals surface area (Å²) in [6, 6.07) is 0. The van der Waals surface area contributed by atoms with Gasteiger partial charge in [-0.3, -0.25) is 14.4 Å². The normalized spacial score (nSPS) is 10.7. The Morgan fingerprint density at radius 2 is 2.00 bits per heavy atom. The van der Waals surface area contributed by atoms with Crippen molar-refractivity contribution in [2.24, 2.45) is 0 Å². The number of carbonyl (C=O) groups excluding carboxylic acids is 3. The third-order valence-electron chi connectivity index (χ3n) is 3.81. The van der Waals surface area contributed by atoms with Crippen molar-refractivity contribution < 1.29 is 19.1 Å². The number of ether oxygens (including phenoxy) is 1. The molecule has 2 amide bonds. The zero-order valence-electron chi connectivity index (χ0n) is 15.7. The largest absolute Gasteiger partial charge is 0.451 e. The van der Waals surface area contributed by atoms with Crippen molar-refractivity contribution in [1.29, 1.82) is 0 Å². The molecule has 0 saturated heterocycles. The Bertz CT molecular complexity index is 933. The Kier molecular flexibility index (Phi) is 6.67. The van der Waals surface area contributed by atoms with E-state index in [1.54, 1.807) is 13.8 Å². The number of carbonyl (C=O) groups is 3. The fourth-order valence-electron chi connectivity index (χ4n) is 2.37. The van der Waals surface area contributed by atoms with Crippen LogP contribution in [0.5, 0.6) is 0 Å². The fraction of sp³-hybridized carbons (Fsp3) is 0.471. The molecular formula is C17H22N4O5S. The average molecular weight is 394 g/mol. The van der Waals surface area contributed by atoms with Crippen LogP contribution in [0.1, 0.15) is 34.4 Å². The molecule has 0 fully saturated rings. The van der Waals surface area contributed by atoms with E-state index in [9.17, 15) is 19.2 Å². The van der Waals surface area contributed by atoms with E-state index in [2.05, 4.69) is 15.3 Å². The van der Waals surface area contributed by atoms with Gasteiger partial charge in [-0.05, 0) is 25.8 Å². The standard InChI is InChI=1S/C17H22N4O5S/c1-5-6-18-11(22)7-21(4)12(23)8-26-17(25)14-9(2)13-15(24)19-10(3)20-16(13)27-14/h5-8H2,1-4H3,(H,18,22)(H,19,20,24). The monoisotopic (exact) mass is 394 g/mol. The maximum absolute atomic E-state index is 12.3. The number of aryl methyl sites for hydroxylation is 2. The minimum absolute atomic E-state index is 0.114. The molecule has 10 heteroatoms. The van der Waals surface area contributed by atoms with Crippen molar-refractivity contribution in [3.8, 4) is 0 Å². The van der Waals surface area contributed by atoms with Gasteiger partial charge >= 0.3 is 5.97 Å². The van der Waals surface area contributed by atoms with Gasteiger partial charge in [-0.25, -0.2) is 9.78 Å². The number of thiophene rings is 1. The predicted octanol–water partition coefficient (Wildman–Crippen LogP) is 0.743. The van der Waals surface area contributed by atoms with Crippen LogP contribution >= 0.6 is 11.3 Å². The second-order valence-electron chi connectivity index (χ2n) is 6.06. The maximum Gasteiger partial charge on any atom is 0.349 e. The highest BCUT2D eigenvalue weighted by molar-refractivity contribution is 7.20. The van der Waals surface area contributed by atoms with Gasteiger partial charge in [0.1, 0.15) is 15.5 Å². The lowest BCUT2D eigenvalue weighted by Crippen LogP contribution is -2.40. The van der Waals surface area contributed by atoms with E-state index in [1.165, 1.54) is 11.9 Å². The number of H-pyrrole nitrogens is 1. The van der Waals surface area contributed by atoms with Gasteiger partial charge < -0.3 is 19.9 Å². The van der Waals surface area contributed by atoms with E-state index >= 15 is 0 Å². The zero-order valence-corrected chi connectivity index (χ0v) is 16.5. The number of likely N-dealkylation sites (N-methyl/N-ethyl adjacent to an activating group) is 1. The Balaban J connectivity index is 2.01. The average Bonchev–Trinajstić information content (AvgIpc) is 2.94. The van der Waals surface area contributed by atoms with Crippen LogP contribution in [-0.4, -0.2) is 59.4 Å². The smallest absolute Gasteiger partial charge is 0.349 e. The van der Waals surface area contributed by atoms with Gasteiger partial charge in [0.05, 0.1) is 11.9 Å². The van der Waals surface area contributed by atoms with Crippen LogP contribution in [0, 0.1) is 13.8 Å². The Hall–Kier alpha value is -2.75. The summed E-state index contributed by atoms with van der Waals surface area (Å²) >= 11 is 1.05. The number of aromatic nitrogens is 2. The molecule has 2 heterocycles. The zero-order chi connectivity index (χ0) is 20.1. The van der Waals surface area contributed by atoms with E-state index < -0.39 is 18.5 Å². The molecule has 0 atom stereocenters. The summed E-state index contributed by atoms with van der Waals surface area (Å²) in [5.74, 6) is -1.03.